The summed E-state index contributed by atoms with van der Waals surface area (Å²) in [5, 5.41) is 0. The Morgan fingerprint density at radius 3 is 2.56 bits per heavy atom. The molecule has 18 heavy (non-hydrogen) atoms. The van der Waals surface area contributed by atoms with Crippen molar-refractivity contribution in [2.75, 3.05) is 7.11 Å². The summed E-state index contributed by atoms with van der Waals surface area (Å²) >= 11 is 1.69. The minimum absolute atomic E-state index is 0.313. The van der Waals surface area contributed by atoms with Crippen LogP contribution in [0.3, 0.4) is 0 Å². The first-order valence-corrected chi connectivity index (χ1v) is 7.15. The molecule has 0 spiro atoms. The van der Waals surface area contributed by atoms with Gasteiger partial charge in [0.1, 0.15) is 27.7 Å². The number of benzene rings is 1. The molecule has 0 aromatic heterocycles. The zero-order valence-electron chi connectivity index (χ0n) is 10.7. The molecule has 0 N–H and O–H groups in total. The van der Waals surface area contributed by atoms with Gasteiger partial charge in [0.25, 0.3) is 0 Å². The summed E-state index contributed by atoms with van der Waals surface area (Å²) in [6, 6.07) is 2.79. The standard InChI is InChI=1S/C12H15BrFNO2S/c1-12(2,3)18(16)15-7-8-5-10(14)9(13)6-11(8)17-4/h5-7H,1-4H3/t18-/m0/s1. The van der Waals surface area contributed by atoms with Crippen molar-refractivity contribution in [3.63, 3.8) is 0 Å². The molecule has 100 valence electrons. The maximum atomic E-state index is 13.4. The van der Waals surface area contributed by atoms with Crippen molar-refractivity contribution in [3.8, 4) is 5.75 Å². The molecule has 0 saturated carbocycles. The van der Waals surface area contributed by atoms with Gasteiger partial charge in [-0.05, 0) is 48.8 Å². The van der Waals surface area contributed by atoms with E-state index in [1.165, 1.54) is 25.5 Å². The van der Waals surface area contributed by atoms with Gasteiger partial charge in [-0.3, -0.25) is 0 Å². The van der Waals surface area contributed by atoms with Crippen LogP contribution < -0.4 is 4.74 Å². The predicted octanol–water partition coefficient (Wildman–Crippen LogP) is 3.48. The average molecular weight is 336 g/mol. The highest BCUT2D eigenvalue weighted by molar-refractivity contribution is 9.10. The van der Waals surface area contributed by atoms with Gasteiger partial charge in [-0.15, -0.1) is 0 Å². The lowest BCUT2D eigenvalue weighted by Crippen LogP contribution is -2.25. The van der Waals surface area contributed by atoms with Crippen LogP contribution in [0.4, 0.5) is 4.39 Å². The lowest BCUT2D eigenvalue weighted by atomic mass is 10.2. The van der Waals surface area contributed by atoms with Gasteiger partial charge in [0.15, 0.2) is 0 Å². The van der Waals surface area contributed by atoms with Gasteiger partial charge >= 0.3 is 0 Å². The zero-order chi connectivity index (χ0) is 13.9. The fourth-order valence-electron chi connectivity index (χ4n) is 1.08. The quantitative estimate of drug-likeness (QED) is 0.627. The van der Waals surface area contributed by atoms with Gasteiger partial charge < -0.3 is 9.29 Å². The molecule has 0 bridgehead atoms. The van der Waals surface area contributed by atoms with Crippen LogP contribution in [0.25, 0.3) is 0 Å². The molecule has 1 aromatic carbocycles. The first-order chi connectivity index (χ1) is 8.25. The first kappa shape index (κ1) is 15.5. The molecule has 0 aliphatic rings. The molecule has 0 unspecified atom stereocenters. The van der Waals surface area contributed by atoms with Crippen molar-refractivity contribution in [3.05, 3.63) is 28.0 Å². The molecule has 1 rings (SSSR count). The highest BCUT2D eigenvalue weighted by Crippen LogP contribution is 2.26. The largest absolute Gasteiger partial charge is 0.591 e. The maximum Gasteiger partial charge on any atom is 0.144 e. The minimum atomic E-state index is -1.38. The third kappa shape index (κ3) is 3.96. The number of nitrogens with zero attached hydrogens (tertiary/aromatic N) is 1. The number of hydrogen-bond donors (Lipinski definition) is 0. The monoisotopic (exact) mass is 335 g/mol. The lowest BCUT2D eigenvalue weighted by molar-refractivity contribution is 0.412. The van der Waals surface area contributed by atoms with Crippen LogP contribution in [0.15, 0.2) is 21.0 Å². The summed E-state index contributed by atoms with van der Waals surface area (Å²) in [5.74, 6) is 0.0525. The van der Waals surface area contributed by atoms with Crippen molar-refractivity contribution in [1.82, 2.24) is 0 Å². The predicted molar refractivity (Wildman–Crippen MR) is 76.1 cm³/mol. The Bertz CT molecular complexity index is 460. The molecule has 6 heteroatoms. The van der Waals surface area contributed by atoms with Gasteiger partial charge in [0, 0.05) is 5.56 Å². The molecule has 0 radical (unpaired) electrons. The molecule has 0 aliphatic heterocycles. The molecule has 0 aliphatic carbocycles. The summed E-state index contributed by atoms with van der Waals surface area (Å²) in [4.78, 5) is 0. The van der Waals surface area contributed by atoms with E-state index < -0.39 is 21.9 Å². The van der Waals surface area contributed by atoms with Crippen LogP contribution >= 0.6 is 15.9 Å². The highest BCUT2D eigenvalue weighted by atomic mass is 79.9. The van der Waals surface area contributed by atoms with E-state index in [9.17, 15) is 8.94 Å². The van der Waals surface area contributed by atoms with E-state index in [2.05, 4.69) is 20.3 Å². The Kier molecular flexibility index (Phi) is 5.19. The van der Waals surface area contributed by atoms with Crippen LogP contribution in [-0.2, 0) is 11.4 Å². The Labute approximate surface area is 118 Å². The smallest absolute Gasteiger partial charge is 0.144 e. The minimum Gasteiger partial charge on any atom is -0.591 e. The molecule has 1 aromatic rings. The number of ether oxygens (including phenoxy) is 1. The molecule has 0 fully saturated rings. The molecule has 0 amide bonds. The number of halogens is 2. The molecular formula is C12H15BrFNO2S. The summed E-state index contributed by atoms with van der Waals surface area (Å²) in [6.45, 7) is 5.46. The zero-order valence-corrected chi connectivity index (χ0v) is 13.1. The van der Waals surface area contributed by atoms with E-state index in [1.807, 2.05) is 20.8 Å². The lowest BCUT2D eigenvalue weighted by Gasteiger charge is -2.17. The van der Waals surface area contributed by atoms with Crippen LogP contribution in [0.5, 0.6) is 5.75 Å². The summed E-state index contributed by atoms with van der Waals surface area (Å²) < 4.78 is 34.1. The Balaban J connectivity index is 3.04. The van der Waals surface area contributed by atoms with E-state index in [0.717, 1.165) is 0 Å². The summed E-state index contributed by atoms with van der Waals surface area (Å²) in [5.41, 5.74) is 0.454. The number of hydrogen-bond acceptors (Lipinski definition) is 3. The Morgan fingerprint density at radius 1 is 1.44 bits per heavy atom. The second kappa shape index (κ2) is 6.04. The fourth-order valence-corrected chi connectivity index (χ4v) is 1.93. The first-order valence-electron chi connectivity index (χ1n) is 5.25. The number of rotatable bonds is 3. The highest BCUT2D eigenvalue weighted by Gasteiger charge is 2.26. The maximum absolute atomic E-state index is 13.4. The number of methoxy groups -OCH3 is 1. The third-order valence-electron chi connectivity index (χ3n) is 2.08. The van der Waals surface area contributed by atoms with Crippen molar-refractivity contribution < 1.29 is 13.7 Å². The van der Waals surface area contributed by atoms with Crippen LogP contribution in [0, 0.1) is 5.82 Å². The topological polar surface area (TPSA) is 44.6 Å². The van der Waals surface area contributed by atoms with Crippen LogP contribution in [0.1, 0.15) is 26.3 Å². The van der Waals surface area contributed by atoms with Crippen molar-refractivity contribution in [2.24, 2.45) is 4.40 Å². The van der Waals surface area contributed by atoms with E-state index in [0.29, 0.717) is 15.8 Å². The third-order valence-corrected chi connectivity index (χ3v) is 4.04. The van der Waals surface area contributed by atoms with Crippen molar-refractivity contribution >= 4 is 33.5 Å². The molecular weight excluding hydrogens is 321 g/mol. The van der Waals surface area contributed by atoms with Gasteiger partial charge in [0.05, 0.1) is 17.8 Å². The fraction of sp³-hybridized carbons (Fsp3) is 0.417. The van der Waals surface area contributed by atoms with Gasteiger partial charge in [-0.25, -0.2) is 4.39 Å². The Hall–Kier alpha value is -0.590. The van der Waals surface area contributed by atoms with Gasteiger partial charge in [0.2, 0.25) is 0 Å². The molecule has 0 saturated heterocycles. The van der Waals surface area contributed by atoms with Gasteiger partial charge in [-0.1, -0.05) is 4.40 Å². The van der Waals surface area contributed by atoms with Crippen molar-refractivity contribution in [1.29, 1.82) is 0 Å². The second-order valence-electron chi connectivity index (χ2n) is 4.60. The normalized spacial score (nSPS) is 13.9. The molecule has 3 nitrogen and oxygen atoms in total. The van der Waals surface area contributed by atoms with E-state index in [-0.39, 0.29) is 0 Å². The summed E-state index contributed by atoms with van der Waals surface area (Å²) in [6.07, 6.45) is 1.37. The SMILES string of the molecule is COc1cc(Br)c(F)cc1C=N[S@@+]([O-])C(C)(C)C. The Morgan fingerprint density at radius 2 is 2.06 bits per heavy atom. The average Bonchev–Trinajstić information content (AvgIpc) is 2.28. The molecule has 0 heterocycles. The second-order valence-corrected chi connectivity index (χ2v) is 7.39. The van der Waals surface area contributed by atoms with E-state index in [1.54, 1.807) is 0 Å². The molecule has 1 atom stereocenters. The van der Waals surface area contributed by atoms with Gasteiger partial charge in [-0.2, -0.15) is 0 Å². The van der Waals surface area contributed by atoms with Crippen LogP contribution in [0.2, 0.25) is 0 Å². The summed E-state index contributed by atoms with van der Waals surface area (Å²) in [7, 11) is 1.48. The van der Waals surface area contributed by atoms with Crippen molar-refractivity contribution in [2.45, 2.75) is 25.5 Å². The van der Waals surface area contributed by atoms with E-state index >= 15 is 0 Å². The van der Waals surface area contributed by atoms with E-state index in [4.69, 9.17) is 4.74 Å². The van der Waals surface area contributed by atoms with Crippen LogP contribution in [-0.4, -0.2) is 22.6 Å².